The van der Waals surface area contributed by atoms with Crippen LogP contribution in [0.5, 0.6) is 5.75 Å². The van der Waals surface area contributed by atoms with Crippen LogP contribution in [0.3, 0.4) is 0 Å². The van der Waals surface area contributed by atoms with E-state index < -0.39 is 16.5 Å². The smallest absolute Gasteiger partial charge is 0.217 e. The molecule has 11 nitrogen and oxygen atoms in total. The highest BCUT2D eigenvalue weighted by Gasteiger charge is 2.25. The molecule has 0 saturated carbocycles. The molecule has 0 radical (unpaired) electrons. The van der Waals surface area contributed by atoms with Gasteiger partial charge in [-0.15, -0.1) is 0 Å². The summed E-state index contributed by atoms with van der Waals surface area (Å²) in [6.07, 6.45) is -0.731. The Bertz CT molecular complexity index is 650. The number of nitrogens with zero attached hydrogens (tertiary/aromatic N) is 1. The molecule has 7 N–H and O–H groups in total. The van der Waals surface area contributed by atoms with Crippen molar-refractivity contribution in [3.8, 4) is 5.75 Å². The number of ether oxygens (including phenoxy) is 1. The lowest BCUT2D eigenvalue weighted by Gasteiger charge is -2.35. The average Bonchev–Trinajstić information content (AvgIpc) is 2.54. The number of hydrogen-bond donors (Lipinski definition) is 5. The van der Waals surface area contributed by atoms with Crippen molar-refractivity contribution in [3.63, 3.8) is 0 Å². The van der Waals surface area contributed by atoms with Crippen molar-refractivity contribution in [2.75, 3.05) is 65.1 Å². The first kappa shape index (κ1) is 25.3. The van der Waals surface area contributed by atoms with Crippen molar-refractivity contribution in [1.82, 2.24) is 0 Å². The van der Waals surface area contributed by atoms with E-state index in [1.54, 1.807) is 18.2 Å². The van der Waals surface area contributed by atoms with Gasteiger partial charge in [0.15, 0.2) is 0 Å². The van der Waals surface area contributed by atoms with Gasteiger partial charge in [0, 0.05) is 5.69 Å². The maximum absolute atomic E-state index is 10.1. The molecular weight excluding hydrogens is 382 g/mol. The van der Waals surface area contributed by atoms with Crippen LogP contribution in [0.25, 0.3) is 0 Å². The summed E-state index contributed by atoms with van der Waals surface area (Å²) in [4.78, 5) is 0. The number of aliphatic hydroxyl groups is 3. The molecule has 27 heavy (non-hydrogen) atoms. The molecule has 0 aliphatic heterocycles. The van der Waals surface area contributed by atoms with Gasteiger partial charge in [-0.1, -0.05) is 0 Å². The Morgan fingerprint density at radius 2 is 1.74 bits per heavy atom. The molecule has 1 aromatic rings. The van der Waals surface area contributed by atoms with Crippen LogP contribution in [-0.4, -0.2) is 92.5 Å². The zero-order valence-corrected chi connectivity index (χ0v) is 16.3. The first-order chi connectivity index (χ1) is 12.5. The zero-order valence-electron chi connectivity index (χ0n) is 15.4. The quantitative estimate of drug-likeness (QED) is 0.126. The molecule has 0 bridgehead atoms. The second-order valence-electron chi connectivity index (χ2n) is 6.03. The summed E-state index contributed by atoms with van der Waals surface area (Å²) in [7, 11) is -1.74. The van der Waals surface area contributed by atoms with Crippen LogP contribution >= 0.6 is 0 Å². The zero-order chi connectivity index (χ0) is 21.1. The van der Waals surface area contributed by atoms with Crippen molar-refractivity contribution < 1.29 is 41.7 Å². The van der Waals surface area contributed by atoms with Crippen LogP contribution in [-0.2, 0) is 14.6 Å². The molecule has 0 fully saturated rings. The second-order valence-corrected chi connectivity index (χ2v) is 7.18. The van der Waals surface area contributed by atoms with Crippen molar-refractivity contribution in [2.24, 2.45) is 0 Å². The molecule has 158 valence electrons. The van der Waals surface area contributed by atoms with E-state index in [0.717, 1.165) is 7.11 Å². The van der Waals surface area contributed by atoms with Gasteiger partial charge in [-0.3, -0.25) is 4.18 Å². The fourth-order valence-electron chi connectivity index (χ4n) is 2.22. The van der Waals surface area contributed by atoms with E-state index in [1.165, 1.54) is 0 Å². The van der Waals surface area contributed by atoms with E-state index in [-0.39, 0.29) is 19.8 Å². The Hall–Kier alpha value is -1.67. The number of nitrogens with two attached hydrogens (primary N) is 2. The van der Waals surface area contributed by atoms with Crippen LogP contribution in [0.4, 0.5) is 11.4 Å². The average molecular weight is 411 g/mol. The van der Waals surface area contributed by atoms with Crippen LogP contribution in [0.2, 0.25) is 0 Å². The van der Waals surface area contributed by atoms with Gasteiger partial charge in [0.05, 0.1) is 33.1 Å². The third kappa shape index (κ3) is 11.6. The van der Waals surface area contributed by atoms with Crippen LogP contribution in [0.1, 0.15) is 0 Å². The largest absolute Gasteiger partial charge is 0.726 e. The van der Waals surface area contributed by atoms with Gasteiger partial charge in [0.1, 0.15) is 38.1 Å². The van der Waals surface area contributed by atoms with Gasteiger partial charge < -0.3 is 40.6 Å². The Morgan fingerprint density at radius 1 is 1.22 bits per heavy atom. The number of anilines is 2. The minimum absolute atomic E-state index is 0.00497. The van der Waals surface area contributed by atoms with Crippen molar-refractivity contribution >= 4 is 21.8 Å². The molecule has 0 saturated heterocycles. The number of aliphatic hydroxyl groups excluding tert-OH is 3. The highest BCUT2D eigenvalue weighted by molar-refractivity contribution is 7.80. The standard InChI is InChI=1S/C14H26N3O4.CH4O4S/c1-17(4-6-18,5-7-19)9-12(20)10-21-14-3-2-11(15)8-13(14)16;1-5-6(2,3)4/h2-3,8,12,18-20H,4-7,9-10,15-16H2,1H3;1H3,(H,2,3,4)/q+1;/p-1. The Morgan fingerprint density at radius 3 is 2.15 bits per heavy atom. The SMILES string of the molecule is COS(=O)(=O)[O-].C[N+](CCO)(CCO)CC(O)COc1ccc(N)cc1N. The van der Waals surface area contributed by atoms with Gasteiger partial charge in [0.2, 0.25) is 10.4 Å². The number of benzene rings is 1. The normalized spacial score (nSPS) is 12.8. The summed E-state index contributed by atoms with van der Waals surface area (Å²) in [5.41, 5.74) is 12.3. The van der Waals surface area contributed by atoms with Gasteiger partial charge in [-0.05, 0) is 18.2 Å². The third-order valence-corrected chi connectivity index (χ3v) is 4.01. The van der Waals surface area contributed by atoms with E-state index in [2.05, 4.69) is 4.18 Å². The van der Waals surface area contributed by atoms with Crippen molar-refractivity contribution in [1.29, 1.82) is 0 Å². The van der Waals surface area contributed by atoms with Crippen LogP contribution in [0, 0.1) is 0 Å². The van der Waals surface area contributed by atoms with E-state index in [0.29, 0.717) is 41.2 Å². The number of hydrogen-bond acceptors (Lipinski definition) is 10. The van der Waals surface area contributed by atoms with Crippen molar-refractivity contribution in [3.05, 3.63) is 18.2 Å². The Balaban J connectivity index is 0.000000972. The molecule has 1 aromatic carbocycles. The number of quaternary nitrogens is 1. The molecule has 0 aromatic heterocycles. The monoisotopic (exact) mass is 411 g/mol. The highest BCUT2D eigenvalue weighted by atomic mass is 32.3. The lowest BCUT2D eigenvalue weighted by atomic mass is 10.2. The lowest BCUT2D eigenvalue weighted by molar-refractivity contribution is -0.913. The second kappa shape index (κ2) is 11.9. The van der Waals surface area contributed by atoms with E-state index in [9.17, 15) is 18.1 Å². The minimum atomic E-state index is -4.41. The van der Waals surface area contributed by atoms with Gasteiger partial charge >= 0.3 is 0 Å². The van der Waals surface area contributed by atoms with Gasteiger partial charge in [-0.25, -0.2) is 8.42 Å². The van der Waals surface area contributed by atoms with E-state index >= 15 is 0 Å². The fourth-order valence-corrected chi connectivity index (χ4v) is 2.22. The molecular formula is C15H29N3O8S. The molecule has 0 aliphatic carbocycles. The van der Waals surface area contributed by atoms with E-state index in [1.807, 2.05) is 7.05 Å². The van der Waals surface area contributed by atoms with E-state index in [4.69, 9.17) is 26.4 Å². The summed E-state index contributed by atoms with van der Waals surface area (Å²) in [6, 6.07) is 4.93. The summed E-state index contributed by atoms with van der Waals surface area (Å²) in [5, 5.41) is 28.2. The molecule has 0 spiro atoms. The first-order valence-corrected chi connectivity index (χ1v) is 9.32. The fraction of sp³-hybridized carbons (Fsp3) is 0.600. The highest BCUT2D eigenvalue weighted by Crippen LogP contribution is 2.23. The number of nitrogen functional groups attached to an aromatic ring is 2. The molecule has 1 unspecified atom stereocenters. The summed E-state index contributed by atoms with van der Waals surface area (Å²) >= 11 is 0. The van der Waals surface area contributed by atoms with Crippen LogP contribution in [0.15, 0.2) is 18.2 Å². The lowest BCUT2D eigenvalue weighted by Crippen LogP contribution is -2.53. The molecule has 12 heteroatoms. The molecule has 0 amide bonds. The Kier molecular flexibility index (Phi) is 11.2. The number of likely N-dealkylation sites (N-methyl/N-ethyl adjacent to an activating group) is 1. The topological polar surface area (TPSA) is 188 Å². The van der Waals surface area contributed by atoms with Crippen LogP contribution < -0.4 is 16.2 Å². The molecule has 1 atom stereocenters. The summed E-state index contributed by atoms with van der Waals surface area (Å²) in [5.74, 6) is 0.474. The van der Waals surface area contributed by atoms with Gasteiger partial charge in [0.25, 0.3) is 0 Å². The predicted molar refractivity (Wildman–Crippen MR) is 98.4 cm³/mol. The van der Waals surface area contributed by atoms with Crippen molar-refractivity contribution in [2.45, 2.75) is 6.10 Å². The predicted octanol–water partition coefficient (Wildman–Crippen LogP) is -1.89. The summed E-state index contributed by atoms with van der Waals surface area (Å²) in [6.45, 7) is 1.36. The third-order valence-electron chi connectivity index (χ3n) is 3.60. The maximum atomic E-state index is 10.1. The Labute approximate surface area is 159 Å². The molecule has 0 heterocycles. The van der Waals surface area contributed by atoms with Gasteiger partial charge in [-0.2, -0.15) is 0 Å². The molecule has 1 rings (SSSR count). The first-order valence-electron chi connectivity index (χ1n) is 7.99. The maximum Gasteiger partial charge on any atom is 0.217 e. The minimum Gasteiger partial charge on any atom is -0.726 e. The molecule has 0 aliphatic rings. The summed E-state index contributed by atoms with van der Waals surface area (Å²) < 4.78 is 36.9. The number of rotatable bonds is 10.